The van der Waals surface area contributed by atoms with Crippen LogP contribution in [0.2, 0.25) is 0 Å². The van der Waals surface area contributed by atoms with E-state index in [2.05, 4.69) is 48.3 Å². The van der Waals surface area contributed by atoms with Crippen LogP contribution in [0.5, 0.6) is 0 Å². The van der Waals surface area contributed by atoms with Crippen LogP contribution in [0.3, 0.4) is 0 Å². The van der Waals surface area contributed by atoms with E-state index >= 15 is 0 Å². The number of benzene rings is 1. The fourth-order valence-corrected chi connectivity index (χ4v) is 4.53. The van der Waals surface area contributed by atoms with Crippen LogP contribution >= 0.6 is 0 Å². The van der Waals surface area contributed by atoms with Crippen molar-refractivity contribution >= 4 is 11.8 Å². The van der Waals surface area contributed by atoms with Crippen molar-refractivity contribution in [2.75, 3.05) is 16.8 Å². The number of anilines is 2. The summed E-state index contributed by atoms with van der Waals surface area (Å²) in [6, 6.07) is 9.05. The Morgan fingerprint density at radius 2 is 1.83 bits per heavy atom. The predicted molar refractivity (Wildman–Crippen MR) is 123 cm³/mol. The van der Waals surface area contributed by atoms with Gasteiger partial charge in [0.25, 0.3) is 0 Å². The Labute approximate surface area is 180 Å². The molecule has 162 valence electrons. The van der Waals surface area contributed by atoms with Crippen molar-refractivity contribution in [2.45, 2.75) is 90.3 Å². The van der Waals surface area contributed by atoms with E-state index in [1.54, 1.807) is 0 Å². The lowest BCUT2D eigenvalue weighted by atomic mass is 9.91. The van der Waals surface area contributed by atoms with E-state index in [9.17, 15) is 5.11 Å². The molecule has 1 aromatic carbocycles. The Hall–Kier alpha value is -2.14. The number of fused-ring (bicyclic) bond motifs is 1. The van der Waals surface area contributed by atoms with Gasteiger partial charge in [0.1, 0.15) is 5.82 Å². The topological polar surface area (TPSA) is 61.3 Å². The minimum atomic E-state index is -0.801. The molecule has 2 N–H and O–H groups in total. The molecule has 0 saturated heterocycles. The van der Waals surface area contributed by atoms with Crippen LogP contribution in [-0.2, 0) is 18.6 Å². The molecule has 2 aliphatic rings. The summed E-state index contributed by atoms with van der Waals surface area (Å²) in [5, 5.41) is 14.0. The SMILES string of the molecule is CC(C)c1cc(N2CCc3cc(C(C)(C)O)ccc3C2)nc(NC2CCCCC2)n1. The van der Waals surface area contributed by atoms with Crippen molar-refractivity contribution in [3.05, 3.63) is 46.6 Å². The van der Waals surface area contributed by atoms with E-state index in [1.165, 1.54) is 43.2 Å². The van der Waals surface area contributed by atoms with Gasteiger partial charge in [-0.1, -0.05) is 51.3 Å². The Kier molecular flexibility index (Phi) is 6.01. The lowest BCUT2D eigenvalue weighted by molar-refractivity contribution is 0.0785. The van der Waals surface area contributed by atoms with Crippen LogP contribution in [0, 0.1) is 0 Å². The molecule has 0 radical (unpaired) electrons. The first-order valence-electron chi connectivity index (χ1n) is 11.5. The summed E-state index contributed by atoms with van der Waals surface area (Å²) in [6.07, 6.45) is 7.33. The molecule has 1 aliphatic carbocycles. The van der Waals surface area contributed by atoms with Crippen LogP contribution in [0.15, 0.2) is 24.3 Å². The number of aromatic nitrogens is 2. The van der Waals surface area contributed by atoms with E-state index in [1.807, 2.05) is 13.8 Å². The fourth-order valence-electron chi connectivity index (χ4n) is 4.53. The molecule has 0 spiro atoms. The van der Waals surface area contributed by atoms with Crippen molar-refractivity contribution in [1.29, 1.82) is 0 Å². The average molecular weight is 409 g/mol. The van der Waals surface area contributed by atoms with Gasteiger partial charge in [-0.3, -0.25) is 0 Å². The molecule has 2 heterocycles. The molecule has 5 heteroatoms. The third-order valence-electron chi connectivity index (χ3n) is 6.51. The van der Waals surface area contributed by atoms with Gasteiger partial charge >= 0.3 is 0 Å². The van der Waals surface area contributed by atoms with Gasteiger partial charge in [-0.05, 0) is 55.7 Å². The fraction of sp³-hybridized carbons (Fsp3) is 0.600. The minimum absolute atomic E-state index is 0.366. The second-order valence-corrected chi connectivity index (χ2v) is 9.82. The number of nitrogens with one attached hydrogen (secondary N) is 1. The zero-order chi connectivity index (χ0) is 21.3. The molecule has 1 fully saturated rings. The van der Waals surface area contributed by atoms with Crippen LogP contribution in [-0.4, -0.2) is 27.7 Å². The maximum Gasteiger partial charge on any atom is 0.225 e. The summed E-state index contributed by atoms with van der Waals surface area (Å²) in [5.74, 6) is 2.17. The molecular formula is C25H36N4O. The summed E-state index contributed by atoms with van der Waals surface area (Å²) in [5.41, 5.74) is 3.94. The number of hydrogen-bond donors (Lipinski definition) is 2. The number of hydrogen-bond acceptors (Lipinski definition) is 5. The van der Waals surface area contributed by atoms with Gasteiger partial charge in [0, 0.05) is 25.2 Å². The first-order chi connectivity index (χ1) is 14.3. The van der Waals surface area contributed by atoms with Gasteiger partial charge < -0.3 is 15.3 Å². The van der Waals surface area contributed by atoms with Crippen LogP contribution < -0.4 is 10.2 Å². The van der Waals surface area contributed by atoms with Gasteiger partial charge in [0.2, 0.25) is 5.95 Å². The number of rotatable bonds is 5. The molecule has 0 unspecified atom stereocenters. The molecule has 1 aromatic heterocycles. The third kappa shape index (κ3) is 4.77. The van der Waals surface area contributed by atoms with E-state index in [0.717, 1.165) is 42.5 Å². The van der Waals surface area contributed by atoms with Crippen molar-refractivity contribution in [2.24, 2.45) is 0 Å². The highest BCUT2D eigenvalue weighted by Crippen LogP contribution is 2.30. The molecule has 0 bridgehead atoms. The molecule has 0 atom stereocenters. The molecule has 1 aliphatic heterocycles. The molecular weight excluding hydrogens is 372 g/mol. The Balaban J connectivity index is 1.57. The molecule has 4 rings (SSSR count). The normalized spacial score (nSPS) is 17.9. The maximum absolute atomic E-state index is 10.3. The maximum atomic E-state index is 10.3. The second-order valence-electron chi connectivity index (χ2n) is 9.82. The predicted octanol–water partition coefficient (Wildman–Crippen LogP) is 5.13. The highest BCUT2D eigenvalue weighted by atomic mass is 16.3. The Morgan fingerprint density at radius 1 is 1.07 bits per heavy atom. The van der Waals surface area contributed by atoms with Crippen molar-refractivity contribution in [3.8, 4) is 0 Å². The van der Waals surface area contributed by atoms with Crippen LogP contribution in [0.1, 0.15) is 88.1 Å². The van der Waals surface area contributed by atoms with Crippen molar-refractivity contribution < 1.29 is 5.11 Å². The third-order valence-corrected chi connectivity index (χ3v) is 6.51. The van der Waals surface area contributed by atoms with Gasteiger partial charge in [-0.2, -0.15) is 4.98 Å². The first kappa shape index (κ1) is 21.1. The van der Waals surface area contributed by atoms with Gasteiger partial charge in [-0.15, -0.1) is 0 Å². The Morgan fingerprint density at radius 3 is 2.53 bits per heavy atom. The van der Waals surface area contributed by atoms with E-state index < -0.39 is 5.60 Å². The zero-order valence-electron chi connectivity index (χ0n) is 18.9. The number of aliphatic hydroxyl groups is 1. The lowest BCUT2D eigenvalue weighted by Crippen LogP contribution is -2.32. The van der Waals surface area contributed by atoms with Gasteiger partial charge in [0.15, 0.2) is 0 Å². The summed E-state index contributed by atoms with van der Waals surface area (Å²) in [6.45, 7) is 9.86. The van der Waals surface area contributed by atoms with Crippen LogP contribution in [0.4, 0.5) is 11.8 Å². The highest BCUT2D eigenvalue weighted by Gasteiger charge is 2.23. The summed E-state index contributed by atoms with van der Waals surface area (Å²) >= 11 is 0. The van der Waals surface area contributed by atoms with Crippen molar-refractivity contribution in [1.82, 2.24) is 9.97 Å². The molecule has 30 heavy (non-hydrogen) atoms. The lowest BCUT2D eigenvalue weighted by Gasteiger charge is -2.32. The average Bonchev–Trinajstić information content (AvgIpc) is 2.73. The van der Waals surface area contributed by atoms with E-state index in [-0.39, 0.29) is 0 Å². The quantitative estimate of drug-likeness (QED) is 0.718. The van der Waals surface area contributed by atoms with Crippen molar-refractivity contribution in [3.63, 3.8) is 0 Å². The smallest absolute Gasteiger partial charge is 0.225 e. The summed E-state index contributed by atoms with van der Waals surface area (Å²) in [7, 11) is 0. The first-order valence-corrected chi connectivity index (χ1v) is 11.5. The standard InChI is InChI=1S/C25H36N4O/c1-17(2)22-15-23(28-24(27-22)26-21-8-6-5-7-9-21)29-13-12-18-14-20(25(3,4)30)11-10-19(18)16-29/h10-11,14-15,17,21,30H,5-9,12-13,16H2,1-4H3,(H,26,27,28). The molecule has 1 saturated carbocycles. The Bertz CT molecular complexity index is 881. The minimum Gasteiger partial charge on any atom is -0.386 e. The zero-order valence-corrected chi connectivity index (χ0v) is 18.9. The van der Waals surface area contributed by atoms with Gasteiger partial charge in [0.05, 0.1) is 11.3 Å². The van der Waals surface area contributed by atoms with Crippen LogP contribution in [0.25, 0.3) is 0 Å². The summed E-state index contributed by atoms with van der Waals surface area (Å²) < 4.78 is 0. The monoisotopic (exact) mass is 408 g/mol. The van der Waals surface area contributed by atoms with Gasteiger partial charge in [-0.25, -0.2) is 4.98 Å². The van der Waals surface area contributed by atoms with E-state index in [0.29, 0.717) is 12.0 Å². The largest absolute Gasteiger partial charge is 0.386 e. The highest BCUT2D eigenvalue weighted by molar-refractivity contribution is 5.49. The number of nitrogens with zero attached hydrogens (tertiary/aromatic N) is 3. The molecule has 5 nitrogen and oxygen atoms in total. The van der Waals surface area contributed by atoms with E-state index in [4.69, 9.17) is 9.97 Å². The molecule has 2 aromatic rings. The second kappa shape index (κ2) is 8.54. The molecule has 0 amide bonds. The summed E-state index contributed by atoms with van der Waals surface area (Å²) in [4.78, 5) is 12.1.